The van der Waals surface area contributed by atoms with Crippen LogP contribution in [0.4, 0.5) is 4.39 Å². The van der Waals surface area contributed by atoms with Gasteiger partial charge in [0.15, 0.2) is 11.6 Å². The van der Waals surface area contributed by atoms with E-state index in [-0.39, 0.29) is 11.6 Å². The maximum absolute atomic E-state index is 14.3. The maximum Gasteiger partial charge on any atom is 0.168 e. The average molecular weight is 270 g/mol. The summed E-state index contributed by atoms with van der Waals surface area (Å²) in [5, 5.41) is 4.50. The highest BCUT2D eigenvalue weighted by Gasteiger charge is 2.15. The minimum absolute atomic E-state index is 0.273. The van der Waals surface area contributed by atoms with Crippen LogP contribution in [-0.2, 0) is 6.42 Å². The maximum atomic E-state index is 14.3. The van der Waals surface area contributed by atoms with Gasteiger partial charge in [-0.3, -0.25) is 0 Å². The van der Waals surface area contributed by atoms with Crippen LogP contribution in [0.2, 0.25) is 0 Å². The fourth-order valence-electron chi connectivity index (χ4n) is 2.41. The first-order chi connectivity index (χ1) is 9.74. The van der Waals surface area contributed by atoms with E-state index in [0.717, 1.165) is 16.8 Å². The number of methoxy groups -OCH3 is 1. The van der Waals surface area contributed by atoms with E-state index < -0.39 is 0 Å². The van der Waals surface area contributed by atoms with Crippen molar-refractivity contribution in [1.29, 1.82) is 0 Å². The topological polar surface area (TPSA) is 26.5 Å². The molecule has 0 saturated carbocycles. The molecule has 0 saturated heterocycles. The summed E-state index contributed by atoms with van der Waals surface area (Å²) in [5.74, 6) is -0.0288. The molecular weight excluding hydrogens is 255 g/mol. The Labute approximate surface area is 116 Å². The van der Waals surface area contributed by atoms with Crippen LogP contribution in [0.3, 0.4) is 0 Å². The summed E-state index contributed by atoms with van der Waals surface area (Å²) in [6, 6.07) is 11.3. The first kappa shape index (κ1) is 12.7. The molecule has 1 aromatic carbocycles. The van der Waals surface area contributed by atoms with Crippen molar-refractivity contribution in [2.45, 2.75) is 13.3 Å². The third-order valence-corrected chi connectivity index (χ3v) is 3.43. The van der Waals surface area contributed by atoms with E-state index in [0.29, 0.717) is 12.0 Å². The number of ether oxygens (including phenoxy) is 1. The number of hydrogen-bond donors (Lipinski definition) is 0. The molecule has 0 aliphatic rings. The van der Waals surface area contributed by atoms with E-state index in [4.69, 9.17) is 4.74 Å². The van der Waals surface area contributed by atoms with Crippen LogP contribution in [0.25, 0.3) is 16.8 Å². The Morgan fingerprint density at radius 3 is 2.80 bits per heavy atom. The molecule has 0 spiro atoms. The number of rotatable bonds is 3. The molecule has 0 N–H and O–H groups in total. The summed E-state index contributed by atoms with van der Waals surface area (Å²) >= 11 is 0. The SMILES string of the molecule is CCc1c(-c2cc3ccccn3n2)ccc(OC)c1F. The number of pyridine rings is 1. The van der Waals surface area contributed by atoms with Gasteiger partial charge in [0, 0.05) is 17.3 Å². The molecule has 0 amide bonds. The predicted octanol–water partition coefficient (Wildman–Crippen LogP) is 3.71. The number of nitrogens with zero attached hydrogens (tertiary/aromatic N) is 2. The number of benzene rings is 1. The van der Waals surface area contributed by atoms with Gasteiger partial charge in [0.05, 0.1) is 18.3 Å². The Kier molecular flexibility index (Phi) is 3.14. The van der Waals surface area contributed by atoms with Crippen LogP contribution in [0.15, 0.2) is 42.6 Å². The summed E-state index contributed by atoms with van der Waals surface area (Å²) in [7, 11) is 1.47. The second-order valence-corrected chi connectivity index (χ2v) is 4.56. The van der Waals surface area contributed by atoms with Crippen LogP contribution < -0.4 is 4.74 Å². The molecule has 3 aromatic rings. The summed E-state index contributed by atoms with van der Waals surface area (Å²) in [4.78, 5) is 0. The van der Waals surface area contributed by atoms with E-state index in [9.17, 15) is 4.39 Å². The Hall–Kier alpha value is -2.36. The number of aromatic nitrogens is 2. The van der Waals surface area contributed by atoms with Crippen molar-refractivity contribution in [2.24, 2.45) is 0 Å². The molecule has 0 aliphatic carbocycles. The van der Waals surface area contributed by atoms with Gasteiger partial charge in [-0.05, 0) is 36.8 Å². The van der Waals surface area contributed by atoms with Gasteiger partial charge in [-0.15, -0.1) is 0 Å². The minimum atomic E-state index is -0.301. The van der Waals surface area contributed by atoms with Gasteiger partial charge >= 0.3 is 0 Å². The Bertz CT molecular complexity index is 731. The van der Waals surface area contributed by atoms with Crippen LogP contribution in [0.5, 0.6) is 5.75 Å². The van der Waals surface area contributed by atoms with Gasteiger partial charge in [-0.25, -0.2) is 8.91 Å². The van der Waals surface area contributed by atoms with E-state index in [1.165, 1.54) is 7.11 Å². The van der Waals surface area contributed by atoms with Crippen LogP contribution >= 0.6 is 0 Å². The van der Waals surface area contributed by atoms with Gasteiger partial charge in [0.1, 0.15) is 0 Å². The molecular formula is C16H15FN2O. The zero-order valence-corrected chi connectivity index (χ0v) is 11.4. The largest absolute Gasteiger partial charge is 0.494 e. The van der Waals surface area contributed by atoms with Crippen molar-refractivity contribution >= 4 is 5.52 Å². The summed E-state index contributed by atoms with van der Waals surface area (Å²) in [6.07, 6.45) is 2.47. The molecule has 0 atom stereocenters. The average Bonchev–Trinajstić information content (AvgIpc) is 2.90. The molecule has 0 radical (unpaired) electrons. The highest BCUT2D eigenvalue weighted by atomic mass is 19.1. The van der Waals surface area contributed by atoms with Crippen LogP contribution in [0.1, 0.15) is 12.5 Å². The van der Waals surface area contributed by atoms with E-state index in [1.54, 1.807) is 10.6 Å². The summed E-state index contributed by atoms with van der Waals surface area (Å²) in [6.45, 7) is 1.93. The van der Waals surface area contributed by atoms with Crippen molar-refractivity contribution in [3.05, 3.63) is 54.0 Å². The van der Waals surface area contributed by atoms with Gasteiger partial charge in [0.25, 0.3) is 0 Å². The fourth-order valence-corrected chi connectivity index (χ4v) is 2.41. The molecule has 0 unspecified atom stereocenters. The first-order valence-electron chi connectivity index (χ1n) is 6.54. The van der Waals surface area contributed by atoms with E-state index in [2.05, 4.69) is 5.10 Å². The summed E-state index contributed by atoms with van der Waals surface area (Å²) < 4.78 is 21.1. The smallest absolute Gasteiger partial charge is 0.168 e. The van der Waals surface area contributed by atoms with Gasteiger partial charge in [0.2, 0.25) is 0 Å². The summed E-state index contributed by atoms with van der Waals surface area (Å²) in [5.41, 5.74) is 3.21. The van der Waals surface area contributed by atoms with Crippen LogP contribution in [-0.4, -0.2) is 16.7 Å². The quantitative estimate of drug-likeness (QED) is 0.725. The van der Waals surface area contributed by atoms with E-state index >= 15 is 0 Å². The van der Waals surface area contributed by atoms with Crippen molar-refractivity contribution in [2.75, 3.05) is 7.11 Å². The van der Waals surface area contributed by atoms with Gasteiger partial charge < -0.3 is 4.74 Å². The Morgan fingerprint density at radius 2 is 2.10 bits per heavy atom. The highest BCUT2D eigenvalue weighted by molar-refractivity contribution is 5.70. The molecule has 2 heterocycles. The Balaban J connectivity index is 2.20. The van der Waals surface area contributed by atoms with Gasteiger partial charge in [-0.2, -0.15) is 5.10 Å². The lowest BCUT2D eigenvalue weighted by molar-refractivity contribution is 0.384. The second kappa shape index (κ2) is 4.96. The molecule has 0 aliphatic heterocycles. The van der Waals surface area contributed by atoms with Crippen molar-refractivity contribution < 1.29 is 9.13 Å². The van der Waals surface area contributed by atoms with Crippen LogP contribution in [0, 0.1) is 5.82 Å². The standard InChI is InChI=1S/C16H15FN2O/c1-3-12-13(7-8-15(20-2)16(12)17)14-10-11-6-4-5-9-19(11)18-14/h4-10H,3H2,1-2H3. The van der Waals surface area contributed by atoms with Crippen molar-refractivity contribution in [1.82, 2.24) is 9.61 Å². The molecule has 3 nitrogen and oxygen atoms in total. The molecule has 20 heavy (non-hydrogen) atoms. The highest BCUT2D eigenvalue weighted by Crippen LogP contribution is 2.31. The first-order valence-corrected chi connectivity index (χ1v) is 6.54. The lowest BCUT2D eigenvalue weighted by Gasteiger charge is -2.10. The third-order valence-electron chi connectivity index (χ3n) is 3.43. The fraction of sp³-hybridized carbons (Fsp3) is 0.188. The van der Waals surface area contributed by atoms with Crippen molar-refractivity contribution in [3.8, 4) is 17.0 Å². The third kappa shape index (κ3) is 1.93. The molecule has 0 bridgehead atoms. The second-order valence-electron chi connectivity index (χ2n) is 4.56. The predicted molar refractivity (Wildman–Crippen MR) is 76.5 cm³/mol. The number of halogens is 1. The monoisotopic (exact) mass is 270 g/mol. The molecule has 2 aromatic heterocycles. The lowest BCUT2D eigenvalue weighted by Crippen LogP contribution is -1.97. The van der Waals surface area contributed by atoms with Gasteiger partial charge in [-0.1, -0.05) is 13.0 Å². The zero-order valence-electron chi connectivity index (χ0n) is 11.4. The zero-order chi connectivity index (χ0) is 14.1. The molecule has 102 valence electrons. The normalized spacial score (nSPS) is 10.9. The molecule has 4 heteroatoms. The Morgan fingerprint density at radius 1 is 1.25 bits per heavy atom. The lowest BCUT2D eigenvalue weighted by atomic mass is 10.0. The number of fused-ring (bicyclic) bond motifs is 1. The van der Waals surface area contributed by atoms with E-state index in [1.807, 2.05) is 43.5 Å². The number of hydrogen-bond acceptors (Lipinski definition) is 2. The van der Waals surface area contributed by atoms with Crippen molar-refractivity contribution in [3.63, 3.8) is 0 Å². The minimum Gasteiger partial charge on any atom is -0.494 e. The molecule has 0 fully saturated rings. The molecule has 3 rings (SSSR count).